The Morgan fingerprint density at radius 2 is 0.848 bits per heavy atom. The predicted octanol–water partition coefficient (Wildman–Crippen LogP) is 24.7. The van der Waals surface area contributed by atoms with Gasteiger partial charge in [0.15, 0.2) is 0 Å². The van der Waals surface area contributed by atoms with Gasteiger partial charge in [0.05, 0.1) is 16.2 Å². The number of halogens is 2. The molecule has 0 saturated heterocycles. The minimum Gasteiger partial charge on any atom is -0.310 e. The third kappa shape index (κ3) is 8.71. The van der Waals surface area contributed by atoms with Crippen LogP contribution in [0.15, 0.2) is 316 Å². The highest BCUT2D eigenvalue weighted by Gasteiger charge is 2.54. The second-order valence-corrected chi connectivity index (χ2v) is 27.9. The van der Waals surface area contributed by atoms with Gasteiger partial charge in [-0.1, -0.05) is 238 Å². The average molecular weight is 1280 g/mol. The van der Waals surface area contributed by atoms with Crippen LogP contribution >= 0.6 is 0 Å². The monoisotopic (exact) mass is 1280 g/mol. The van der Waals surface area contributed by atoms with Crippen LogP contribution in [0, 0.1) is 37.3 Å². The summed E-state index contributed by atoms with van der Waals surface area (Å²) >= 11 is 0. The van der Waals surface area contributed by atoms with E-state index < -0.39 is 16.2 Å². The summed E-state index contributed by atoms with van der Waals surface area (Å²) in [6.45, 7) is 17.3. The normalized spacial score (nSPS) is 19.9. The quantitative estimate of drug-likeness (QED) is 0.120. The summed E-state index contributed by atoms with van der Waals surface area (Å²) in [4.78, 5) is 4.68. The van der Waals surface area contributed by atoms with Crippen LogP contribution in [0.25, 0.3) is 51.1 Å². The van der Waals surface area contributed by atoms with Gasteiger partial charge in [-0.25, -0.2) is 8.78 Å². The number of benzene rings is 12. The molecule has 476 valence electrons. The van der Waals surface area contributed by atoms with E-state index in [4.69, 9.17) is 0 Å². The first-order chi connectivity index (χ1) is 48.4. The maximum Gasteiger partial charge on any atom is 0.123 e. The van der Waals surface area contributed by atoms with Crippen LogP contribution in [0.5, 0.6) is 0 Å². The minimum absolute atomic E-state index is 0.0677. The molecule has 12 aromatic carbocycles. The Morgan fingerprint density at radius 1 is 0.404 bits per heavy atom. The largest absolute Gasteiger partial charge is 0.310 e. The number of nitrogens with zero attached hydrogens (tertiary/aromatic N) is 2. The van der Waals surface area contributed by atoms with Crippen LogP contribution in [0.2, 0.25) is 0 Å². The van der Waals surface area contributed by atoms with E-state index in [1.807, 2.05) is 36.4 Å². The highest BCUT2D eigenvalue weighted by Crippen LogP contribution is 2.66. The summed E-state index contributed by atoms with van der Waals surface area (Å²) in [5, 5.41) is 0. The summed E-state index contributed by atoms with van der Waals surface area (Å²) in [5.41, 5.74) is 32.4. The third-order valence-electron chi connectivity index (χ3n) is 22.8. The van der Waals surface area contributed by atoms with E-state index in [1.165, 1.54) is 100 Å². The van der Waals surface area contributed by atoms with Crippen LogP contribution in [0.4, 0.5) is 42.9 Å². The van der Waals surface area contributed by atoms with Gasteiger partial charge in [0.25, 0.3) is 0 Å². The number of rotatable bonds is 12. The molecule has 0 amide bonds. The van der Waals surface area contributed by atoms with Gasteiger partial charge in [0.1, 0.15) is 11.6 Å². The molecular weight excluding hydrogens is 1210 g/mol. The topological polar surface area (TPSA) is 6.48 Å². The SMILES string of the molecule is C=Cc1ccc(C2(c3cc(C)ccc3C)C3=C(CCC=C3)c3ccc(N(c4ccc(F)cc4)c4ccc5c(c4)C4(c6ccccc6-5)c5ccccc5-c5ccc(N(c6ccc(F)cc6)c6ccc7c(c6)C(c6ccc(C=C)cc6)(C6C=C(C)C=CC6C)c6ccccc6-7)cc54)cc32)cc1. The van der Waals surface area contributed by atoms with Crippen LogP contribution in [-0.2, 0) is 16.2 Å². The zero-order chi connectivity index (χ0) is 67.1. The molecule has 0 radical (unpaired) electrons. The molecule has 99 heavy (non-hydrogen) atoms. The number of hydrogen-bond acceptors (Lipinski definition) is 2. The van der Waals surface area contributed by atoms with Gasteiger partial charge in [0, 0.05) is 40.0 Å². The molecule has 5 atom stereocenters. The second kappa shape index (κ2) is 22.8. The zero-order valence-corrected chi connectivity index (χ0v) is 56.0. The van der Waals surface area contributed by atoms with E-state index in [0.29, 0.717) is 0 Å². The van der Waals surface area contributed by atoms with Crippen molar-refractivity contribution in [3.63, 3.8) is 0 Å². The van der Waals surface area contributed by atoms with Gasteiger partial charge < -0.3 is 9.80 Å². The fraction of sp³-hybridized carbons (Fsp3) is 0.116. The summed E-state index contributed by atoms with van der Waals surface area (Å²) in [7, 11) is 0. The van der Waals surface area contributed by atoms with E-state index in [-0.39, 0.29) is 23.5 Å². The van der Waals surface area contributed by atoms with Crippen molar-refractivity contribution in [2.45, 2.75) is 56.8 Å². The second-order valence-electron chi connectivity index (χ2n) is 27.9. The minimum atomic E-state index is -0.809. The molecule has 4 heteroatoms. The first-order valence-corrected chi connectivity index (χ1v) is 34.7. The van der Waals surface area contributed by atoms with Crippen molar-refractivity contribution in [3.05, 3.63) is 411 Å². The van der Waals surface area contributed by atoms with Crippen molar-refractivity contribution in [1.82, 2.24) is 0 Å². The molecule has 0 fully saturated rings. The maximum absolute atomic E-state index is 15.5. The molecular formula is C95H72F2N2. The lowest BCUT2D eigenvalue weighted by Crippen LogP contribution is -2.39. The molecule has 0 N–H and O–H groups in total. The van der Waals surface area contributed by atoms with Crippen molar-refractivity contribution in [3.8, 4) is 33.4 Å². The molecule has 0 aliphatic heterocycles. The van der Waals surface area contributed by atoms with Gasteiger partial charge in [-0.15, -0.1) is 0 Å². The van der Waals surface area contributed by atoms with Gasteiger partial charge in [-0.05, 0) is 259 Å². The Morgan fingerprint density at radius 3 is 1.38 bits per heavy atom. The molecule has 0 heterocycles. The molecule has 18 rings (SSSR count). The lowest BCUT2D eigenvalue weighted by Gasteiger charge is -2.43. The standard InChI is InChI=1S/C95H72F2N2/c1-7-63-29-33-65(34-30-63)93(87-53-59(3)25-27-61(87)5)83-21-13-9-17-75(83)79-49-45-71(55-89(79)93)98(69-41-37-67(96)38-42-69)73-47-51-81-77-19-11-15-23-85(77)95(91(81)57-73)86-24-16-12-20-78(86)82-52-48-74(58-92(82)95)99(70-43-39-68(97)40-44-70)72-46-50-80-76-18-10-14-22-84(76)94(90(80)56-72,66-35-31-64(8-2)32-36-66)88-54-60(4)26-28-62(88)6/h7-9,11-17,19-58,61,87H,1-2,10,18H2,3-6H3. The first-order valence-electron chi connectivity index (χ1n) is 34.7. The van der Waals surface area contributed by atoms with E-state index in [9.17, 15) is 0 Å². The highest BCUT2D eigenvalue weighted by atomic mass is 19.1. The molecule has 0 saturated carbocycles. The highest BCUT2D eigenvalue weighted by molar-refractivity contribution is 5.99. The Balaban J connectivity index is 0.855. The summed E-state index contributed by atoms with van der Waals surface area (Å²) < 4.78 is 31.1. The van der Waals surface area contributed by atoms with Crippen molar-refractivity contribution in [2.24, 2.45) is 11.8 Å². The smallest absolute Gasteiger partial charge is 0.123 e. The van der Waals surface area contributed by atoms with Crippen LogP contribution in [0.1, 0.15) is 110 Å². The number of fused-ring (bicyclic) bond motifs is 15. The fourth-order valence-corrected chi connectivity index (χ4v) is 18.5. The Bertz CT molecular complexity index is 5500. The third-order valence-corrected chi connectivity index (χ3v) is 22.8. The molecule has 5 unspecified atom stereocenters. The Hall–Kier alpha value is -11.5. The summed E-state index contributed by atoms with van der Waals surface area (Å²) in [5.74, 6) is -0.330. The Kier molecular flexibility index (Phi) is 13.8. The molecule has 1 spiro atoms. The van der Waals surface area contributed by atoms with E-state index in [1.54, 1.807) is 24.3 Å². The van der Waals surface area contributed by atoms with Crippen molar-refractivity contribution in [2.75, 3.05) is 9.80 Å². The van der Waals surface area contributed by atoms with Crippen molar-refractivity contribution in [1.29, 1.82) is 0 Å². The molecule has 6 aliphatic carbocycles. The van der Waals surface area contributed by atoms with Crippen molar-refractivity contribution >= 4 is 51.8 Å². The lowest BCUT2D eigenvalue weighted by molar-refractivity contribution is 0.372. The Labute approximate surface area is 579 Å². The molecule has 2 nitrogen and oxygen atoms in total. The summed E-state index contributed by atoms with van der Waals surface area (Å²) in [6, 6.07) is 94.0. The van der Waals surface area contributed by atoms with Gasteiger partial charge in [-0.2, -0.15) is 0 Å². The summed E-state index contributed by atoms with van der Waals surface area (Å²) in [6.07, 6.45) is 17.6. The number of allylic oxidation sites excluding steroid dienone is 8. The average Bonchev–Trinajstić information content (AvgIpc) is 1.53. The van der Waals surface area contributed by atoms with Crippen LogP contribution in [-0.4, -0.2) is 0 Å². The van der Waals surface area contributed by atoms with Crippen LogP contribution < -0.4 is 9.80 Å². The van der Waals surface area contributed by atoms with Gasteiger partial charge in [-0.3, -0.25) is 0 Å². The zero-order valence-electron chi connectivity index (χ0n) is 56.0. The van der Waals surface area contributed by atoms with E-state index >= 15 is 8.78 Å². The fourth-order valence-electron chi connectivity index (χ4n) is 18.5. The number of hydrogen-bond donors (Lipinski definition) is 0. The molecule has 6 aliphatic rings. The molecule has 0 bridgehead atoms. The number of aryl methyl sites for hydroxylation is 2. The molecule has 0 aromatic heterocycles. The van der Waals surface area contributed by atoms with Gasteiger partial charge >= 0.3 is 0 Å². The number of anilines is 6. The van der Waals surface area contributed by atoms with Crippen molar-refractivity contribution < 1.29 is 8.78 Å². The first kappa shape index (κ1) is 60.0. The lowest BCUT2D eigenvalue weighted by atomic mass is 9.59. The predicted molar refractivity (Wildman–Crippen MR) is 407 cm³/mol. The van der Waals surface area contributed by atoms with E-state index in [0.717, 1.165) is 80.3 Å². The van der Waals surface area contributed by atoms with Crippen LogP contribution in [0.3, 0.4) is 0 Å². The maximum atomic E-state index is 15.5. The van der Waals surface area contributed by atoms with E-state index in [2.05, 4.69) is 293 Å². The van der Waals surface area contributed by atoms with Gasteiger partial charge in [0.2, 0.25) is 0 Å². The molecule has 12 aromatic rings.